The highest BCUT2D eigenvalue weighted by Gasteiger charge is 2.38. The lowest BCUT2D eigenvalue weighted by Crippen LogP contribution is -2.47. The van der Waals surface area contributed by atoms with Crippen LogP contribution in [0.1, 0.15) is 31.2 Å². The molecule has 1 saturated heterocycles. The number of thiophene rings is 1. The molecule has 1 aliphatic heterocycles. The first-order valence-electron chi connectivity index (χ1n) is 7.76. The van der Waals surface area contributed by atoms with Crippen LogP contribution in [0.4, 0.5) is 0 Å². The van der Waals surface area contributed by atoms with Crippen molar-refractivity contribution < 1.29 is 4.74 Å². The molecule has 0 atom stereocenters. The van der Waals surface area contributed by atoms with E-state index in [1.165, 1.54) is 37.8 Å². The van der Waals surface area contributed by atoms with Crippen molar-refractivity contribution in [1.29, 1.82) is 0 Å². The van der Waals surface area contributed by atoms with Gasteiger partial charge < -0.3 is 10.1 Å². The molecule has 0 spiro atoms. The van der Waals surface area contributed by atoms with E-state index in [1.54, 1.807) is 0 Å². The van der Waals surface area contributed by atoms with E-state index in [-0.39, 0.29) is 0 Å². The van der Waals surface area contributed by atoms with Crippen molar-refractivity contribution in [2.75, 3.05) is 33.4 Å². The molecule has 1 N–H and O–H groups in total. The van der Waals surface area contributed by atoms with Crippen molar-refractivity contribution in [3.63, 3.8) is 0 Å². The van der Waals surface area contributed by atoms with Crippen LogP contribution in [-0.4, -0.2) is 44.3 Å². The van der Waals surface area contributed by atoms with Crippen molar-refractivity contribution in [2.24, 2.45) is 5.41 Å². The molecule has 1 aromatic heterocycles. The normalized spacial score (nSPS) is 22.3. The lowest BCUT2D eigenvalue weighted by Gasteiger charge is -2.41. The second kappa shape index (κ2) is 6.56. The summed E-state index contributed by atoms with van der Waals surface area (Å²) in [5, 5.41) is 7.97. The van der Waals surface area contributed by atoms with Crippen LogP contribution >= 0.6 is 11.3 Å². The Morgan fingerprint density at radius 3 is 2.80 bits per heavy atom. The molecule has 0 aromatic carbocycles. The molecule has 3 nitrogen and oxygen atoms in total. The minimum Gasteiger partial charge on any atom is -0.384 e. The number of piperidine rings is 1. The Hall–Kier alpha value is -0.420. The van der Waals surface area contributed by atoms with E-state index in [9.17, 15) is 0 Å². The van der Waals surface area contributed by atoms with Gasteiger partial charge in [-0.05, 0) is 61.2 Å². The molecule has 1 saturated carbocycles. The van der Waals surface area contributed by atoms with E-state index in [0.717, 1.165) is 32.3 Å². The van der Waals surface area contributed by atoms with Crippen LogP contribution in [0.15, 0.2) is 16.8 Å². The third-order valence-electron chi connectivity index (χ3n) is 4.68. The Kier molecular flexibility index (Phi) is 4.76. The van der Waals surface area contributed by atoms with Gasteiger partial charge in [0, 0.05) is 31.7 Å². The zero-order valence-corrected chi connectivity index (χ0v) is 13.3. The first kappa shape index (κ1) is 14.5. The van der Waals surface area contributed by atoms with Crippen molar-refractivity contribution in [1.82, 2.24) is 10.2 Å². The lowest BCUT2D eigenvalue weighted by atomic mass is 9.79. The van der Waals surface area contributed by atoms with Gasteiger partial charge in [0.1, 0.15) is 0 Å². The van der Waals surface area contributed by atoms with Crippen molar-refractivity contribution in [3.8, 4) is 0 Å². The van der Waals surface area contributed by atoms with Gasteiger partial charge in [0.2, 0.25) is 0 Å². The van der Waals surface area contributed by atoms with Crippen molar-refractivity contribution in [3.05, 3.63) is 22.4 Å². The molecule has 2 aliphatic rings. The van der Waals surface area contributed by atoms with Gasteiger partial charge in [0.25, 0.3) is 0 Å². The smallest absolute Gasteiger partial charge is 0.0531 e. The second-order valence-electron chi connectivity index (χ2n) is 6.45. The third kappa shape index (κ3) is 3.61. The third-order valence-corrected chi connectivity index (χ3v) is 5.41. The topological polar surface area (TPSA) is 24.5 Å². The van der Waals surface area contributed by atoms with Gasteiger partial charge in [-0.2, -0.15) is 11.3 Å². The number of nitrogens with zero attached hydrogens (tertiary/aromatic N) is 1. The quantitative estimate of drug-likeness (QED) is 0.837. The molecule has 0 bridgehead atoms. The molecule has 4 heteroatoms. The molecule has 3 rings (SSSR count). The Labute approximate surface area is 126 Å². The Morgan fingerprint density at radius 2 is 2.20 bits per heavy atom. The Bertz CT molecular complexity index is 391. The highest BCUT2D eigenvalue weighted by molar-refractivity contribution is 7.07. The average Bonchev–Trinajstić information content (AvgIpc) is 3.18. The molecule has 0 unspecified atom stereocenters. The molecular formula is C16H26N2OS. The fraction of sp³-hybridized carbons (Fsp3) is 0.750. The Balaban J connectivity index is 1.67. The zero-order chi connectivity index (χ0) is 13.8. The summed E-state index contributed by atoms with van der Waals surface area (Å²) in [6.45, 7) is 5.50. The molecule has 20 heavy (non-hydrogen) atoms. The Morgan fingerprint density at radius 1 is 1.40 bits per heavy atom. The van der Waals surface area contributed by atoms with Gasteiger partial charge in [0.15, 0.2) is 0 Å². The second-order valence-corrected chi connectivity index (χ2v) is 7.23. The van der Waals surface area contributed by atoms with Gasteiger partial charge in [-0.1, -0.05) is 0 Å². The summed E-state index contributed by atoms with van der Waals surface area (Å²) in [7, 11) is 1.85. The minimum absolute atomic E-state index is 0.360. The van der Waals surface area contributed by atoms with E-state index in [4.69, 9.17) is 4.74 Å². The molecular weight excluding hydrogens is 268 g/mol. The van der Waals surface area contributed by atoms with Gasteiger partial charge in [-0.15, -0.1) is 0 Å². The fourth-order valence-corrected chi connectivity index (χ4v) is 4.07. The van der Waals surface area contributed by atoms with Gasteiger partial charge in [-0.3, -0.25) is 4.90 Å². The van der Waals surface area contributed by atoms with Crippen LogP contribution in [0.2, 0.25) is 0 Å². The van der Waals surface area contributed by atoms with E-state index in [0.29, 0.717) is 5.41 Å². The molecule has 0 amide bonds. The standard InChI is InChI=1S/C16H26N2OS/c1-19-13-16(5-7-17-8-6-16)12-18(15-2-3-15)10-14-4-9-20-11-14/h4,9,11,15,17H,2-3,5-8,10,12-13H2,1H3. The van der Waals surface area contributed by atoms with Crippen molar-refractivity contribution in [2.45, 2.75) is 38.3 Å². The molecule has 1 aromatic rings. The van der Waals surface area contributed by atoms with Crippen LogP contribution in [0.5, 0.6) is 0 Å². The van der Waals surface area contributed by atoms with Gasteiger partial charge in [-0.25, -0.2) is 0 Å². The highest BCUT2D eigenvalue weighted by atomic mass is 32.1. The van der Waals surface area contributed by atoms with Crippen molar-refractivity contribution >= 4 is 11.3 Å². The summed E-state index contributed by atoms with van der Waals surface area (Å²) < 4.78 is 5.57. The zero-order valence-electron chi connectivity index (χ0n) is 12.4. The minimum atomic E-state index is 0.360. The van der Waals surface area contributed by atoms with Crippen LogP contribution in [0.3, 0.4) is 0 Å². The maximum Gasteiger partial charge on any atom is 0.0531 e. The van der Waals surface area contributed by atoms with Crippen LogP contribution in [0, 0.1) is 5.41 Å². The van der Waals surface area contributed by atoms with Gasteiger partial charge >= 0.3 is 0 Å². The predicted octanol–water partition coefficient (Wildman–Crippen LogP) is 2.73. The number of nitrogens with one attached hydrogen (secondary N) is 1. The molecule has 0 radical (unpaired) electrons. The van der Waals surface area contributed by atoms with Crippen LogP contribution < -0.4 is 5.32 Å². The van der Waals surface area contributed by atoms with Crippen LogP contribution in [-0.2, 0) is 11.3 Å². The van der Waals surface area contributed by atoms with E-state index in [1.807, 2.05) is 18.4 Å². The van der Waals surface area contributed by atoms with Crippen LogP contribution in [0.25, 0.3) is 0 Å². The number of hydrogen-bond donors (Lipinski definition) is 1. The maximum atomic E-state index is 5.57. The van der Waals surface area contributed by atoms with Gasteiger partial charge in [0.05, 0.1) is 6.61 Å². The largest absolute Gasteiger partial charge is 0.384 e. The maximum absolute atomic E-state index is 5.57. The van der Waals surface area contributed by atoms with E-state index in [2.05, 4.69) is 27.0 Å². The first-order chi connectivity index (χ1) is 9.81. The molecule has 1 aliphatic carbocycles. The highest BCUT2D eigenvalue weighted by Crippen LogP contribution is 2.36. The number of rotatable bonds is 7. The summed E-state index contributed by atoms with van der Waals surface area (Å²) >= 11 is 1.81. The van der Waals surface area contributed by atoms with E-state index >= 15 is 0 Å². The SMILES string of the molecule is COCC1(CN(Cc2ccsc2)C2CC2)CCNCC1. The summed E-state index contributed by atoms with van der Waals surface area (Å²) in [5.74, 6) is 0. The lowest BCUT2D eigenvalue weighted by molar-refractivity contribution is 0.0178. The summed E-state index contributed by atoms with van der Waals surface area (Å²) in [5.41, 5.74) is 1.84. The summed E-state index contributed by atoms with van der Waals surface area (Å²) in [4.78, 5) is 2.71. The first-order valence-corrected chi connectivity index (χ1v) is 8.70. The molecule has 2 heterocycles. The predicted molar refractivity (Wildman–Crippen MR) is 84.2 cm³/mol. The number of ether oxygens (including phenoxy) is 1. The fourth-order valence-electron chi connectivity index (χ4n) is 3.41. The average molecular weight is 294 g/mol. The number of methoxy groups -OCH3 is 1. The number of hydrogen-bond acceptors (Lipinski definition) is 4. The molecule has 2 fully saturated rings. The summed E-state index contributed by atoms with van der Waals surface area (Å²) in [6.07, 6.45) is 5.25. The van der Waals surface area contributed by atoms with E-state index < -0.39 is 0 Å². The summed E-state index contributed by atoms with van der Waals surface area (Å²) in [6, 6.07) is 3.09. The molecule has 112 valence electrons. The monoisotopic (exact) mass is 294 g/mol.